The van der Waals surface area contributed by atoms with Gasteiger partial charge in [-0.15, -0.1) is 11.3 Å². The number of ether oxygens (including phenoxy) is 1. The fourth-order valence-corrected chi connectivity index (χ4v) is 3.07. The number of nitrogens with zero attached hydrogens (tertiary/aromatic N) is 2. The molecule has 1 fully saturated rings. The maximum absolute atomic E-state index is 5.38. The lowest BCUT2D eigenvalue weighted by Crippen LogP contribution is -2.13. The van der Waals surface area contributed by atoms with Gasteiger partial charge in [-0.1, -0.05) is 0 Å². The first-order chi connectivity index (χ1) is 8.43. The second-order valence-corrected chi connectivity index (χ2v) is 5.09. The summed E-state index contributed by atoms with van der Waals surface area (Å²) >= 11 is 1.76. The highest BCUT2D eigenvalue weighted by atomic mass is 32.1. The smallest absolute Gasteiger partial charge is 0.0965 e. The largest absolute Gasteiger partial charge is 0.381 e. The molecule has 0 amide bonds. The summed E-state index contributed by atoms with van der Waals surface area (Å²) in [5, 5.41) is 3.37. The molecule has 0 spiro atoms. The Balaban J connectivity index is 1.83. The molecule has 0 N–H and O–H groups in total. The van der Waals surface area contributed by atoms with Gasteiger partial charge in [-0.25, -0.2) is 4.98 Å². The van der Waals surface area contributed by atoms with Gasteiger partial charge in [0.05, 0.1) is 10.7 Å². The number of thiazole rings is 1. The Morgan fingerprint density at radius 2 is 2.18 bits per heavy atom. The maximum atomic E-state index is 5.38. The zero-order valence-corrected chi connectivity index (χ0v) is 10.3. The van der Waals surface area contributed by atoms with Crippen molar-refractivity contribution in [1.82, 2.24) is 9.97 Å². The molecule has 88 valence electrons. The molecule has 0 atom stereocenters. The Hall–Kier alpha value is -1.26. The van der Waals surface area contributed by atoms with Crippen LogP contribution in [0.4, 0.5) is 0 Å². The van der Waals surface area contributed by atoms with Gasteiger partial charge in [0.25, 0.3) is 0 Å². The second-order valence-electron chi connectivity index (χ2n) is 4.20. The van der Waals surface area contributed by atoms with E-state index >= 15 is 0 Å². The molecule has 1 aliphatic heterocycles. The molecule has 0 aliphatic carbocycles. The Bertz CT molecular complexity index is 477. The zero-order chi connectivity index (χ0) is 11.5. The van der Waals surface area contributed by atoms with Gasteiger partial charge >= 0.3 is 0 Å². The molecule has 0 bridgehead atoms. The second kappa shape index (κ2) is 4.94. The minimum atomic E-state index is 0.583. The van der Waals surface area contributed by atoms with Crippen LogP contribution in [0.15, 0.2) is 29.9 Å². The topological polar surface area (TPSA) is 35.0 Å². The lowest BCUT2D eigenvalue weighted by atomic mass is 10.0. The summed E-state index contributed by atoms with van der Waals surface area (Å²) in [7, 11) is 0. The summed E-state index contributed by atoms with van der Waals surface area (Å²) in [4.78, 5) is 8.85. The van der Waals surface area contributed by atoms with Gasteiger partial charge in [-0.2, -0.15) is 0 Å². The molecule has 3 rings (SSSR count). The van der Waals surface area contributed by atoms with Crippen LogP contribution in [0.5, 0.6) is 0 Å². The molecule has 0 radical (unpaired) electrons. The number of aromatic nitrogens is 2. The van der Waals surface area contributed by atoms with Crippen molar-refractivity contribution >= 4 is 11.3 Å². The van der Waals surface area contributed by atoms with E-state index in [1.54, 1.807) is 17.5 Å². The van der Waals surface area contributed by atoms with E-state index in [0.717, 1.165) is 37.3 Å². The molecule has 0 saturated carbocycles. The summed E-state index contributed by atoms with van der Waals surface area (Å²) in [6, 6.07) is 4.00. The molecule has 3 nitrogen and oxygen atoms in total. The number of pyridine rings is 1. The van der Waals surface area contributed by atoms with E-state index < -0.39 is 0 Å². The first-order valence-electron chi connectivity index (χ1n) is 5.87. The Kier molecular flexibility index (Phi) is 3.16. The molecule has 4 heteroatoms. The predicted octanol–water partition coefficient (Wildman–Crippen LogP) is 3.10. The van der Waals surface area contributed by atoms with E-state index in [9.17, 15) is 0 Å². The van der Waals surface area contributed by atoms with Crippen LogP contribution in [0.1, 0.15) is 23.8 Å². The molecule has 1 aliphatic rings. The van der Waals surface area contributed by atoms with Gasteiger partial charge in [0.1, 0.15) is 0 Å². The standard InChI is InChI=1S/C13H14N2OS/c1-2-11(8-14-5-1)12-9-17-13(15-12)10-3-6-16-7-4-10/h1-2,5,8-10H,3-4,6-7H2. The van der Waals surface area contributed by atoms with E-state index in [1.807, 2.05) is 12.3 Å². The zero-order valence-electron chi connectivity index (χ0n) is 9.50. The van der Waals surface area contributed by atoms with Crippen molar-refractivity contribution in [3.63, 3.8) is 0 Å². The SMILES string of the molecule is c1cncc(-c2csc(C3CCOCC3)n2)c1. The van der Waals surface area contributed by atoms with Gasteiger partial charge in [0, 0.05) is 42.5 Å². The third kappa shape index (κ3) is 2.37. The van der Waals surface area contributed by atoms with Crippen molar-refractivity contribution in [1.29, 1.82) is 0 Å². The lowest BCUT2D eigenvalue weighted by Gasteiger charge is -2.19. The van der Waals surface area contributed by atoms with Gasteiger partial charge in [-0.3, -0.25) is 4.98 Å². The summed E-state index contributed by atoms with van der Waals surface area (Å²) in [6.45, 7) is 1.74. The molecule has 3 heterocycles. The van der Waals surface area contributed by atoms with E-state index in [-0.39, 0.29) is 0 Å². The number of hydrogen-bond acceptors (Lipinski definition) is 4. The van der Waals surface area contributed by atoms with E-state index in [0.29, 0.717) is 5.92 Å². The summed E-state index contributed by atoms with van der Waals surface area (Å²) in [5.74, 6) is 0.583. The van der Waals surface area contributed by atoms with Crippen LogP contribution >= 0.6 is 11.3 Å². The van der Waals surface area contributed by atoms with E-state index in [2.05, 4.69) is 16.4 Å². The Morgan fingerprint density at radius 3 is 2.94 bits per heavy atom. The van der Waals surface area contributed by atoms with E-state index in [4.69, 9.17) is 9.72 Å². The van der Waals surface area contributed by atoms with Crippen molar-refractivity contribution in [2.24, 2.45) is 0 Å². The highest BCUT2D eigenvalue weighted by molar-refractivity contribution is 7.10. The average Bonchev–Trinajstić information content (AvgIpc) is 2.90. The van der Waals surface area contributed by atoms with Crippen LogP contribution in [0, 0.1) is 0 Å². The van der Waals surface area contributed by atoms with Crippen molar-refractivity contribution in [2.75, 3.05) is 13.2 Å². The normalized spacial score (nSPS) is 17.2. The molecule has 2 aromatic heterocycles. The first-order valence-corrected chi connectivity index (χ1v) is 6.75. The summed E-state index contributed by atoms with van der Waals surface area (Å²) < 4.78 is 5.38. The summed E-state index contributed by atoms with van der Waals surface area (Å²) in [5.41, 5.74) is 2.15. The fraction of sp³-hybridized carbons (Fsp3) is 0.385. The molecule has 2 aromatic rings. The molecular formula is C13H14N2OS. The van der Waals surface area contributed by atoms with Crippen LogP contribution in [0.2, 0.25) is 0 Å². The number of rotatable bonds is 2. The Morgan fingerprint density at radius 1 is 1.29 bits per heavy atom. The highest BCUT2D eigenvalue weighted by Gasteiger charge is 2.19. The average molecular weight is 246 g/mol. The number of hydrogen-bond donors (Lipinski definition) is 0. The first kappa shape index (κ1) is 10.9. The molecular weight excluding hydrogens is 232 g/mol. The summed E-state index contributed by atoms with van der Waals surface area (Å²) in [6.07, 6.45) is 5.85. The maximum Gasteiger partial charge on any atom is 0.0965 e. The molecule has 17 heavy (non-hydrogen) atoms. The third-order valence-corrected chi connectivity index (χ3v) is 4.06. The van der Waals surface area contributed by atoms with Crippen LogP contribution in [0.3, 0.4) is 0 Å². The van der Waals surface area contributed by atoms with Crippen molar-refractivity contribution in [2.45, 2.75) is 18.8 Å². The Labute approximate surface area is 105 Å². The predicted molar refractivity (Wildman–Crippen MR) is 68.1 cm³/mol. The van der Waals surface area contributed by atoms with Crippen molar-refractivity contribution < 1.29 is 4.74 Å². The van der Waals surface area contributed by atoms with Crippen molar-refractivity contribution in [3.8, 4) is 11.3 Å². The van der Waals surface area contributed by atoms with Gasteiger partial charge in [0.2, 0.25) is 0 Å². The lowest BCUT2D eigenvalue weighted by molar-refractivity contribution is 0.0853. The fourth-order valence-electron chi connectivity index (χ4n) is 2.07. The highest BCUT2D eigenvalue weighted by Crippen LogP contribution is 2.31. The van der Waals surface area contributed by atoms with Gasteiger partial charge in [0.15, 0.2) is 0 Å². The molecule has 0 unspecified atom stereocenters. The monoisotopic (exact) mass is 246 g/mol. The molecule has 1 saturated heterocycles. The van der Waals surface area contributed by atoms with Gasteiger partial charge in [-0.05, 0) is 25.0 Å². The van der Waals surface area contributed by atoms with E-state index in [1.165, 1.54) is 5.01 Å². The quantitative estimate of drug-likeness (QED) is 0.816. The van der Waals surface area contributed by atoms with Crippen LogP contribution in [-0.4, -0.2) is 23.2 Å². The minimum Gasteiger partial charge on any atom is -0.381 e. The molecule has 0 aromatic carbocycles. The minimum absolute atomic E-state index is 0.583. The van der Waals surface area contributed by atoms with Crippen LogP contribution in [0.25, 0.3) is 11.3 Å². The third-order valence-electron chi connectivity index (χ3n) is 3.05. The van der Waals surface area contributed by atoms with Crippen LogP contribution < -0.4 is 0 Å². The van der Waals surface area contributed by atoms with Gasteiger partial charge < -0.3 is 4.74 Å². The van der Waals surface area contributed by atoms with Crippen molar-refractivity contribution in [3.05, 3.63) is 34.9 Å². The van der Waals surface area contributed by atoms with Crippen LogP contribution in [-0.2, 0) is 4.74 Å².